The average Bonchev–Trinajstić information content (AvgIpc) is 3.14. The lowest BCUT2D eigenvalue weighted by Gasteiger charge is -2.24. The molecule has 1 atom stereocenters. The molecule has 7 nitrogen and oxygen atoms in total. The fourth-order valence-corrected chi connectivity index (χ4v) is 3.66. The molecule has 1 amide bonds. The van der Waals surface area contributed by atoms with Crippen LogP contribution in [0, 0.1) is 0 Å². The number of carbonyl (C=O) groups is 1. The molecule has 1 aromatic carbocycles. The van der Waals surface area contributed by atoms with Crippen LogP contribution in [0.2, 0.25) is 5.15 Å². The number of benzene rings is 1. The Morgan fingerprint density at radius 2 is 1.97 bits per heavy atom. The van der Waals surface area contributed by atoms with Crippen LogP contribution in [0.5, 0.6) is 5.88 Å². The quantitative estimate of drug-likeness (QED) is 0.318. The number of aryl methyl sites for hydroxylation is 1. The maximum absolute atomic E-state index is 12.3. The number of ether oxygens (including phenoxy) is 2. The number of fused-ring (bicyclic) bond motifs is 1. The topological polar surface area (TPSA) is 78.3 Å². The number of nitrogens with one attached hydrogen (secondary N) is 1. The van der Waals surface area contributed by atoms with E-state index in [-0.39, 0.29) is 6.04 Å². The number of halogens is 1. The smallest absolute Gasteiger partial charge is 0.408 e. The summed E-state index contributed by atoms with van der Waals surface area (Å²) >= 11 is 6.14. The Balaban J connectivity index is 1.58. The van der Waals surface area contributed by atoms with Crippen LogP contribution in [-0.4, -0.2) is 33.1 Å². The normalized spacial score (nSPS) is 12.5. The molecule has 0 saturated carbocycles. The SMILES string of the molecule is CCn1ncc2cc(Cl)nc(OCCCCC(NC(=O)OC(C)(C)C)c3ccccc3)c21. The van der Waals surface area contributed by atoms with E-state index < -0.39 is 11.7 Å². The minimum absolute atomic E-state index is 0.136. The van der Waals surface area contributed by atoms with E-state index in [1.807, 2.05) is 62.7 Å². The Labute approximate surface area is 194 Å². The van der Waals surface area contributed by atoms with Crippen molar-refractivity contribution in [2.75, 3.05) is 6.61 Å². The molecule has 0 aliphatic carbocycles. The molecule has 3 aromatic rings. The third kappa shape index (κ3) is 6.60. The molecular formula is C24H31ClN4O3. The van der Waals surface area contributed by atoms with Crippen LogP contribution >= 0.6 is 11.6 Å². The Kier molecular flexibility index (Phi) is 7.96. The summed E-state index contributed by atoms with van der Waals surface area (Å²) in [5, 5.41) is 8.65. The van der Waals surface area contributed by atoms with Gasteiger partial charge in [-0.2, -0.15) is 10.1 Å². The third-order valence-corrected chi connectivity index (χ3v) is 5.07. The summed E-state index contributed by atoms with van der Waals surface area (Å²) in [5.41, 5.74) is 1.36. The first kappa shape index (κ1) is 23.9. The summed E-state index contributed by atoms with van der Waals surface area (Å²) in [5.74, 6) is 0.498. The molecule has 0 fully saturated rings. The Morgan fingerprint density at radius 3 is 2.66 bits per heavy atom. The molecule has 172 valence electrons. The second kappa shape index (κ2) is 10.7. The number of aromatic nitrogens is 3. The van der Waals surface area contributed by atoms with Crippen LogP contribution in [0.15, 0.2) is 42.6 Å². The maximum Gasteiger partial charge on any atom is 0.408 e. The highest BCUT2D eigenvalue weighted by molar-refractivity contribution is 6.30. The van der Waals surface area contributed by atoms with Crippen molar-refractivity contribution in [2.24, 2.45) is 0 Å². The van der Waals surface area contributed by atoms with Crippen molar-refractivity contribution >= 4 is 28.6 Å². The molecular weight excluding hydrogens is 428 g/mol. The van der Waals surface area contributed by atoms with E-state index in [1.165, 1.54) is 0 Å². The van der Waals surface area contributed by atoms with Gasteiger partial charge in [0.05, 0.1) is 18.8 Å². The fourth-order valence-electron chi connectivity index (χ4n) is 3.47. The maximum atomic E-state index is 12.3. The standard InChI is InChI=1S/C24H31ClN4O3/c1-5-29-21-18(16-26-29)15-20(25)28-22(21)31-14-10-9-13-19(17-11-7-6-8-12-17)27-23(30)32-24(2,3)4/h6-8,11-12,15-16,19H,5,9-10,13-14H2,1-4H3,(H,27,30). The molecule has 2 heterocycles. The molecule has 8 heteroatoms. The Morgan fingerprint density at radius 1 is 1.22 bits per heavy atom. The second-order valence-electron chi connectivity index (χ2n) is 8.60. The second-order valence-corrected chi connectivity index (χ2v) is 8.99. The van der Waals surface area contributed by atoms with Crippen LogP contribution < -0.4 is 10.1 Å². The zero-order chi connectivity index (χ0) is 23.1. The zero-order valence-corrected chi connectivity index (χ0v) is 19.9. The summed E-state index contributed by atoms with van der Waals surface area (Å²) in [6.07, 6.45) is 3.77. The molecule has 3 rings (SSSR count). The molecule has 1 N–H and O–H groups in total. The molecule has 0 radical (unpaired) electrons. The van der Waals surface area contributed by atoms with Gasteiger partial charge in [-0.05, 0) is 58.6 Å². The van der Waals surface area contributed by atoms with Crippen molar-refractivity contribution in [3.8, 4) is 5.88 Å². The summed E-state index contributed by atoms with van der Waals surface area (Å²) < 4.78 is 13.3. The highest BCUT2D eigenvalue weighted by atomic mass is 35.5. The van der Waals surface area contributed by atoms with Crippen molar-refractivity contribution in [1.82, 2.24) is 20.1 Å². The summed E-state index contributed by atoms with van der Waals surface area (Å²) in [6, 6.07) is 11.6. The number of amides is 1. The number of hydrogen-bond donors (Lipinski definition) is 1. The van der Waals surface area contributed by atoms with E-state index in [0.717, 1.165) is 42.3 Å². The highest BCUT2D eigenvalue weighted by Gasteiger charge is 2.20. The van der Waals surface area contributed by atoms with Crippen LogP contribution in [0.4, 0.5) is 4.79 Å². The summed E-state index contributed by atoms with van der Waals surface area (Å²) in [4.78, 5) is 16.7. The van der Waals surface area contributed by atoms with Crippen molar-refractivity contribution in [2.45, 2.75) is 65.1 Å². The predicted molar refractivity (Wildman–Crippen MR) is 126 cm³/mol. The first-order valence-corrected chi connectivity index (χ1v) is 11.3. The lowest BCUT2D eigenvalue weighted by atomic mass is 10.0. The monoisotopic (exact) mass is 458 g/mol. The number of nitrogens with zero attached hydrogens (tertiary/aromatic N) is 3. The average molecular weight is 459 g/mol. The number of rotatable bonds is 9. The van der Waals surface area contributed by atoms with Gasteiger partial charge in [0.2, 0.25) is 5.88 Å². The molecule has 0 bridgehead atoms. The first-order chi connectivity index (χ1) is 15.3. The molecule has 32 heavy (non-hydrogen) atoms. The lowest BCUT2D eigenvalue weighted by molar-refractivity contribution is 0.0500. The summed E-state index contributed by atoms with van der Waals surface area (Å²) in [7, 11) is 0. The Hall–Kier alpha value is -2.80. The molecule has 0 saturated heterocycles. The number of alkyl carbamates (subject to hydrolysis) is 1. The number of carbonyl (C=O) groups excluding carboxylic acids is 1. The molecule has 1 unspecified atom stereocenters. The number of hydrogen-bond acceptors (Lipinski definition) is 5. The lowest BCUT2D eigenvalue weighted by Crippen LogP contribution is -2.35. The van der Waals surface area contributed by atoms with Gasteiger partial charge in [0.25, 0.3) is 0 Å². The van der Waals surface area contributed by atoms with Gasteiger partial charge in [-0.15, -0.1) is 0 Å². The van der Waals surface area contributed by atoms with Crippen LogP contribution in [0.25, 0.3) is 10.9 Å². The number of unbranched alkanes of at least 4 members (excludes halogenated alkanes) is 1. The number of pyridine rings is 1. The van der Waals surface area contributed by atoms with Gasteiger partial charge in [-0.3, -0.25) is 4.68 Å². The van der Waals surface area contributed by atoms with Gasteiger partial charge in [0, 0.05) is 11.9 Å². The van der Waals surface area contributed by atoms with Crippen molar-refractivity contribution in [3.05, 3.63) is 53.3 Å². The van der Waals surface area contributed by atoms with Crippen molar-refractivity contribution < 1.29 is 14.3 Å². The third-order valence-electron chi connectivity index (χ3n) is 4.87. The molecule has 0 aliphatic heterocycles. The van der Waals surface area contributed by atoms with Gasteiger partial charge in [-0.1, -0.05) is 41.9 Å². The molecule has 0 aliphatic rings. The minimum Gasteiger partial charge on any atom is -0.476 e. The van der Waals surface area contributed by atoms with E-state index in [1.54, 1.807) is 12.3 Å². The van der Waals surface area contributed by atoms with Gasteiger partial charge in [-0.25, -0.2) is 4.79 Å². The highest BCUT2D eigenvalue weighted by Crippen LogP contribution is 2.27. The van der Waals surface area contributed by atoms with E-state index in [0.29, 0.717) is 17.6 Å². The van der Waals surface area contributed by atoms with E-state index in [2.05, 4.69) is 15.4 Å². The minimum atomic E-state index is -0.542. The van der Waals surface area contributed by atoms with Gasteiger partial charge >= 0.3 is 6.09 Å². The van der Waals surface area contributed by atoms with Crippen molar-refractivity contribution in [3.63, 3.8) is 0 Å². The van der Waals surface area contributed by atoms with E-state index >= 15 is 0 Å². The summed E-state index contributed by atoms with van der Waals surface area (Å²) in [6.45, 7) is 8.79. The zero-order valence-electron chi connectivity index (χ0n) is 19.1. The fraction of sp³-hybridized carbons (Fsp3) is 0.458. The van der Waals surface area contributed by atoms with Crippen molar-refractivity contribution in [1.29, 1.82) is 0 Å². The van der Waals surface area contributed by atoms with Gasteiger partial charge < -0.3 is 14.8 Å². The molecule has 2 aromatic heterocycles. The first-order valence-electron chi connectivity index (χ1n) is 11.0. The molecule has 0 spiro atoms. The van der Waals surface area contributed by atoms with Crippen LogP contribution in [0.1, 0.15) is 58.6 Å². The van der Waals surface area contributed by atoms with Crippen LogP contribution in [-0.2, 0) is 11.3 Å². The Bertz CT molecular complexity index is 1030. The predicted octanol–water partition coefficient (Wildman–Crippen LogP) is 5.92. The van der Waals surface area contributed by atoms with E-state index in [4.69, 9.17) is 21.1 Å². The largest absolute Gasteiger partial charge is 0.476 e. The van der Waals surface area contributed by atoms with Gasteiger partial charge in [0.1, 0.15) is 16.3 Å². The van der Waals surface area contributed by atoms with E-state index in [9.17, 15) is 4.79 Å². The van der Waals surface area contributed by atoms with Gasteiger partial charge in [0.15, 0.2) is 0 Å². The van der Waals surface area contributed by atoms with Crippen LogP contribution in [0.3, 0.4) is 0 Å².